The van der Waals surface area contributed by atoms with Crippen LogP contribution in [0.25, 0.3) is 0 Å². The predicted molar refractivity (Wildman–Crippen MR) is 98.0 cm³/mol. The number of nitrogens with zero attached hydrogens (tertiary/aromatic N) is 1. The van der Waals surface area contributed by atoms with Crippen molar-refractivity contribution in [3.63, 3.8) is 0 Å². The van der Waals surface area contributed by atoms with Gasteiger partial charge in [-0.15, -0.1) is 0 Å². The summed E-state index contributed by atoms with van der Waals surface area (Å²) in [6.07, 6.45) is 5.25. The third-order valence-corrected chi connectivity index (χ3v) is 5.24. The van der Waals surface area contributed by atoms with Crippen LogP contribution in [0.5, 0.6) is 11.5 Å². The molecule has 2 atom stereocenters. The number of rotatable bonds is 6. The fourth-order valence-corrected chi connectivity index (χ4v) is 3.87. The first-order valence-electron chi connectivity index (χ1n) is 9.08. The Morgan fingerprint density at radius 2 is 2.12 bits per heavy atom. The van der Waals surface area contributed by atoms with Crippen molar-refractivity contribution in [3.05, 3.63) is 35.4 Å². The molecule has 0 saturated carbocycles. The highest BCUT2D eigenvalue weighted by atomic mass is 16.5. The second-order valence-corrected chi connectivity index (χ2v) is 7.05. The van der Waals surface area contributed by atoms with Crippen LogP contribution < -0.4 is 15.2 Å². The number of fused-ring (bicyclic) bond motifs is 1. The number of hydrogen-bond donors (Lipinski definition) is 1. The van der Waals surface area contributed by atoms with Crippen molar-refractivity contribution >= 4 is 5.91 Å². The highest BCUT2D eigenvalue weighted by Gasteiger charge is 2.37. The molecule has 0 unspecified atom stereocenters. The minimum absolute atomic E-state index is 0.0358. The van der Waals surface area contributed by atoms with Gasteiger partial charge in [-0.3, -0.25) is 4.79 Å². The van der Waals surface area contributed by atoms with Gasteiger partial charge in [-0.25, -0.2) is 0 Å². The Bertz CT molecular complexity index is 656. The molecule has 0 bridgehead atoms. The molecule has 1 aliphatic heterocycles. The molecule has 1 amide bonds. The van der Waals surface area contributed by atoms with Gasteiger partial charge < -0.3 is 20.1 Å². The van der Waals surface area contributed by atoms with E-state index < -0.39 is 0 Å². The zero-order chi connectivity index (χ0) is 17.8. The standard InChI is InChI=1S/C20H28N2O3/c1-14-7-8-15-12-22(13-16(15)11-14)20(23)17-5-3-6-18(24-2)19(17)25-10-4-9-21/h3,5-7,15-16H,4,8-13,21H2,1-2H3/t15-,16+/m0/s1. The van der Waals surface area contributed by atoms with E-state index in [2.05, 4.69) is 13.0 Å². The lowest BCUT2D eigenvalue weighted by molar-refractivity contribution is 0.0779. The molecule has 5 nitrogen and oxygen atoms in total. The molecule has 2 N–H and O–H groups in total. The fourth-order valence-electron chi connectivity index (χ4n) is 3.87. The summed E-state index contributed by atoms with van der Waals surface area (Å²) in [5, 5.41) is 0. The van der Waals surface area contributed by atoms with Crippen molar-refractivity contribution in [3.8, 4) is 11.5 Å². The summed E-state index contributed by atoms with van der Waals surface area (Å²) in [6, 6.07) is 5.50. The van der Waals surface area contributed by atoms with Crippen LogP contribution in [-0.4, -0.2) is 44.2 Å². The Balaban J connectivity index is 1.78. The Morgan fingerprint density at radius 1 is 1.32 bits per heavy atom. The number of allylic oxidation sites excluding steroid dienone is 2. The first-order chi connectivity index (χ1) is 12.1. The quantitative estimate of drug-likeness (QED) is 0.637. The number of carbonyl (C=O) groups is 1. The number of amides is 1. The lowest BCUT2D eigenvalue weighted by Crippen LogP contribution is -2.29. The van der Waals surface area contributed by atoms with Gasteiger partial charge >= 0.3 is 0 Å². The molecule has 1 aromatic rings. The van der Waals surface area contributed by atoms with Crippen LogP contribution in [0.2, 0.25) is 0 Å². The molecule has 0 radical (unpaired) electrons. The molecule has 1 aliphatic carbocycles. The maximum Gasteiger partial charge on any atom is 0.257 e. The van der Waals surface area contributed by atoms with Gasteiger partial charge in [0.25, 0.3) is 5.91 Å². The molecule has 25 heavy (non-hydrogen) atoms. The van der Waals surface area contributed by atoms with Crippen molar-refractivity contribution < 1.29 is 14.3 Å². The molecule has 0 spiro atoms. The lowest BCUT2D eigenvalue weighted by atomic mass is 9.83. The second-order valence-electron chi connectivity index (χ2n) is 7.05. The summed E-state index contributed by atoms with van der Waals surface area (Å²) >= 11 is 0. The van der Waals surface area contributed by atoms with Crippen LogP contribution in [0.4, 0.5) is 0 Å². The van der Waals surface area contributed by atoms with Crippen LogP contribution >= 0.6 is 0 Å². The Hall–Kier alpha value is -2.01. The van der Waals surface area contributed by atoms with Gasteiger partial charge in [-0.2, -0.15) is 0 Å². The van der Waals surface area contributed by atoms with Crippen molar-refractivity contribution in [2.24, 2.45) is 17.6 Å². The van der Waals surface area contributed by atoms with Gasteiger partial charge in [0.15, 0.2) is 11.5 Å². The summed E-state index contributed by atoms with van der Waals surface area (Å²) in [5.74, 6) is 2.33. The molecule has 5 heteroatoms. The average molecular weight is 344 g/mol. The van der Waals surface area contributed by atoms with Gasteiger partial charge in [0.2, 0.25) is 0 Å². The first-order valence-corrected chi connectivity index (χ1v) is 9.08. The van der Waals surface area contributed by atoms with Gasteiger partial charge in [0, 0.05) is 13.1 Å². The Kier molecular flexibility index (Phi) is 5.63. The van der Waals surface area contributed by atoms with E-state index in [1.807, 2.05) is 23.1 Å². The number of ether oxygens (including phenoxy) is 2. The van der Waals surface area contributed by atoms with Crippen LogP contribution in [0.1, 0.15) is 36.5 Å². The molecule has 1 fully saturated rings. The molecular weight excluding hydrogens is 316 g/mol. The molecule has 0 aromatic heterocycles. The van der Waals surface area contributed by atoms with Crippen molar-refractivity contribution in [2.75, 3.05) is 33.4 Å². The number of likely N-dealkylation sites (tertiary alicyclic amines) is 1. The number of hydrogen-bond acceptors (Lipinski definition) is 4. The zero-order valence-corrected chi connectivity index (χ0v) is 15.2. The third kappa shape index (κ3) is 3.82. The SMILES string of the molecule is COc1cccc(C(=O)N2C[C@H]3CC(C)=CC[C@H]3C2)c1OCCCN. The summed E-state index contributed by atoms with van der Waals surface area (Å²) < 4.78 is 11.3. The van der Waals surface area contributed by atoms with Crippen LogP contribution in [0.15, 0.2) is 29.8 Å². The van der Waals surface area contributed by atoms with E-state index >= 15 is 0 Å². The van der Waals surface area contributed by atoms with Crippen LogP contribution in [0, 0.1) is 11.8 Å². The normalized spacial score (nSPS) is 22.4. The molecule has 1 heterocycles. The number of methoxy groups -OCH3 is 1. The zero-order valence-electron chi connectivity index (χ0n) is 15.2. The highest BCUT2D eigenvalue weighted by molar-refractivity contribution is 5.98. The maximum absolute atomic E-state index is 13.1. The van der Waals surface area contributed by atoms with E-state index in [1.54, 1.807) is 7.11 Å². The molecule has 1 aromatic carbocycles. The smallest absolute Gasteiger partial charge is 0.257 e. The molecule has 136 valence electrons. The van der Waals surface area contributed by atoms with E-state index in [0.717, 1.165) is 32.4 Å². The van der Waals surface area contributed by atoms with Crippen molar-refractivity contribution in [1.29, 1.82) is 0 Å². The fraction of sp³-hybridized carbons (Fsp3) is 0.550. The summed E-state index contributed by atoms with van der Waals surface area (Å²) in [6.45, 7) is 4.87. The van der Waals surface area contributed by atoms with E-state index in [4.69, 9.17) is 15.2 Å². The molecule has 3 rings (SSSR count). The second kappa shape index (κ2) is 7.91. The minimum atomic E-state index is 0.0358. The average Bonchev–Trinajstić information content (AvgIpc) is 3.04. The third-order valence-electron chi connectivity index (χ3n) is 5.24. The Morgan fingerprint density at radius 3 is 2.88 bits per heavy atom. The first kappa shape index (κ1) is 17.8. The highest BCUT2D eigenvalue weighted by Crippen LogP contribution is 2.38. The number of nitrogens with two attached hydrogens (primary N) is 1. The van der Waals surface area contributed by atoms with E-state index in [1.165, 1.54) is 5.57 Å². The monoisotopic (exact) mass is 344 g/mol. The van der Waals surface area contributed by atoms with Gasteiger partial charge in [0.1, 0.15) is 0 Å². The van der Waals surface area contributed by atoms with E-state index in [-0.39, 0.29) is 5.91 Å². The molecule has 2 aliphatic rings. The summed E-state index contributed by atoms with van der Waals surface area (Å²) in [7, 11) is 1.60. The van der Waals surface area contributed by atoms with Gasteiger partial charge in [-0.1, -0.05) is 17.7 Å². The molecular formula is C20H28N2O3. The van der Waals surface area contributed by atoms with Crippen LogP contribution in [-0.2, 0) is 0 Å². The number of carbonyl (C=O) groups excluding carboxylic acids is 1. The van der Waals surface area contributed by atoms with E-state index in [0.29, 0.717) is 42.0 Å². The lowest BCUT2D eigenvalue weighted by Gasteiger charge is -2.21. The van der Waals surface area contributed by atoms with Gasteiger partial charge in [-0.05, 0) is 56.7 Å². The van der Waals surface area contributed by atoms with E-state index in [9.17, 15) is 4.79 Å². The minimum Gasteiger partial charge on any atom is -0.493 e. The van der Waals surface area contributed by atoms with Crippen LogP contribution in [0.3, 0.4) is 0 Å². The Labute approximate surface area is 149 Å². The van der Waals surface area contributed by atoms with Gasteiger partial charge in [0.05, 0.1) is 19.3 Å². The van der Waals surface area contributed by atoms with Crippen molar-refractivity contribution in [2.45, 2.75) is 26.2 Å². The number of benzene rings is 1. The van der Waals surface area contributed by atoms with Crippen molar-refractivity contribution in [1.82, 2.24) is 4.90 Å². The topological polar surface area (TPSA) is 64.8 Å². The molecule has 1 saturated heterocycles. The largest absolute Gasteiger partial charge is 0.493 e. The number of para-hydroxylation sites is 1. The summed E-state index contributed by atoms with van der Waals surface area (Å²) in [4.78, 5) is 15.1. The summed E-state index contributed by atoms with van der Waals surface area (Å²) in [5.41, 5.74) is 7.58. The maximum atomic E-state index is 13.1. The predicted octanol–water partition coefficient (Wildman–Crippen LogP) is 2.85.